The second kappa shape index (κ2) is 7.49. The van der Waals surface area contributed by atoms with Crippen molar-refractivity contribution in [3.63, 3.8) is 0 Å². The van der Waals surface area contributed by atoms with Crippen molar-refractivity contribution in [1.29, 1.82) is 0 Å². The molecule has 1 aliphatic rings. The maximum absolute atomic E-state index is 13.1. The van der Waals surface area contributed by atoms with E-state index in [1.165, 1.54) is 0 Å². The van der Waals surface area contributed by atoms with Crippen molar-refractivity contribution >= 4 is 23.3 Å². The summed E-state index contributed by atoms with van der Waals surface area (Å²) in [5.41, 5.74) is 9.71. The first-order chi connectivity index (χ1) is 15.4. The van der Waals surface area contributed by atoms with E-state index < -0.39 is 12.0 Å². The summed E-state index contributed by atoms with van der Waals surface area (Å²) in [6.07, 6.45) is 1.30. The lowest BCUT2D eigenvalue weighted by Crippen LogP contribution is -2.44. The Labute approximate surface area is 184 Å². The molecule has 8 heteroatoms. The molecule has 8 nitrogen and oxygen atoms in total. The summed E-state index contributed by atoms with van der Waals surface area (Å²) in [5.74, 6) is 0.263. The number of primary amides is 1. The molecule has 4 aromatic rings. The van der Waals surface area contributed by atoms with E-state index in [4.69, 9.17) is 15.5 Å². The Bertz CT molecular complexity index is 1380. The van der Waals surface area contributed by atoms with Gasteiger partial charge in [0.05, 0.1) is 23.6 Å². The number of carbonyl (C=O) groups excluding carboxylic acids is 2. The van der Waals surface area contributed by atoms with E-state index in [0.717, 1.165) is 22.6 Å². The summed E-state index contributed by atoms with van der Waals surface area (Å²) in [6.45, 7) is 3.95. The van der Waals surface area contributed by atoms with Crippen LogP contribution in [0, 0.1) is 6.92 Å². The molecule has 5 rings (SSSR count). The zero-order chi connectivity index (χ0) is 22.4. The second-order valence-corrected chi connectivity index (χ2v) is 7.72. The van der Waals surface area contributed by atoms with Crippen LogP contribution in [-0.2, 0) is 11.3 Å². The Kier molecular flexibility index (Phi) is 4.62. The molecule has 0 radical (unpaired) electrons. The standard InChI is InChI=1S/C24H21N5O3/c1-14-19(28-11-4-3-8-21(28)26-14)13-29-23-20(32-15(2)24(29)31)10-9-18(27-23)16-6-5-7-17(12-16)22(25)30/h3-12,15H,13H2,1-2H3,(H2,25,30). The third-order valence-corrected chi connectivity index (χ3v) is 5.59. The highest BCUT2D eigenvalue weighted by atomic mass is 16.5. The summed E-state index contributed by atoms with van der Waals surface area (Å²) in [5, 5.41) is 0. The molecule has 32 heavy (non-hydrogen) atoms. The van der Waals surface area contributed by atoms with Gasteiger partial charge in [-0.05, 0) is 50.2 Å². The van der Waals surface area contributed by atoms with E-state index in [0.29, 0.717) is 29.4 Å². The molecule has 1 unspecified atom stereocenters. The number of nitrogens with zero attached hydrogens (tertiary/aromatic N) is 4. The topological polar surface area (TPSA) is 103 Å². The van der Waals surface area contributed by atoms with Gasteiger partial charge in [0.25, 0.3) is 5.91 Å². The number of imidazole rings is 1. The van der Waals surface area contributed by atoms with Crippen LogP contribution in [0.25, 0.3) is 16.9 Å². The van der Waals surface area contributed by atoms with Crippen LogP contribution in [0.3, 0.4) is 0 Å². The first-order valence-corrected chi connectivity index (χ1v) is 10.2. The number of rotatable bonds is 4. The molecule has 1 aliphatic heterocycles. The molecule has 0 fully saturated rings. The number of hydrogen-bond acceptors (Lipinski definition) is 5. The van der Waals surface area contributed by atoms with Crippen molar-refractivity contribution in [2.24, 2.45) is 5.73 Å². The first kappa shape index (κ1) is 19.7. The monoisotopic (exact) mass is 427 g/mol. The van der Waals surface area contributed by atoms with E-state index in [1.807, 2.05) is 41.8 Å². The largest absolute Gasteiger partial charge is 0.477 e. The first-order valence-electron chi connectivity index (χ1n) is 10.2. The van der Waals surface area contributed by atoms with Crippen molar-refractivity contribution in [1.82, 2.24) is 14.4 Å². The molecule has 160 valence electrons. The predicted molar refractivity (Wildman–Crippen MR) is 119 cm³/mol. The number of ether oxygens (including phenoxy) is 1. The van der Waals surface area contributed by atoms with Gasteiger partial charge in [-0.2, -0.15) is 0 Å². The molecule has 1 aromatic carbocycles. The second-order valence-electron chi connectivity index (χ2n) is 7.72. The number of aryl methyl sites for hydroxylation is 1. The molecule has 0 bridgehead atoms. The highest BCUT2D eigenvalue weighted by molar-refractivity contribution is 5.99. The van der Waals surface area contributed by atoms with Gasteiger partial charge in [0.1, 0.15) is 5.65 Å². The zero-order valence-electron chi connectivity index (χ0n) is 17.6. The average molecular weight is 427 g/mol. The SMILES string of the molecule is Cc1nc2ccccn2c1CN1C(=O)C(C)Oc2ccc(-c3cccc(C(N)=O)c3)nc21. The highest BCUT2D eigenvalue weighted by Gasteiger charge is 2.34. The van der Waals surface area contributed by atoms with Gasteiger partial charge in [-0.25, -0.2) is 9.97 Å². The third-order valence-electron chi connectivity index (χ3n) is 5.59. The van der Waals surface area contributed by atoms with E-state index in [2.05, 4.69) is 4.98 Å². The van der Waals surface area contributed by atoms with Gasteiger partial charge in [0.15, 0.2) is 17.7 Å². The lowest BCUT2D eigenvalue weighted by atomic mass is 10.1. The van der Waals surface area contributed by atoms with Crippen LogP contribution in [0.4, 0.5) is 5.82 Å². The number of amides is 2. The highest BCUT2D eigenvalue weighted by Crippen LogP contribution is 2.36. The molecule has 1 atom stereocenters. The maximum Gasteiger partial charge on any atom is 0.269 e. The molecule has 0 aliphatic carbocycles. The van der Waals surface area contributed by atoms with Gasteiger partial charge in [-0.15, -0.1) is 0 Å². The van der Waals surface area contributed by atoms with Gasteiger partial charge in [0, 0.05) is 17.3 Å². The summed E-state index contributed by atoms with van der Waals surface area (Å²) in [7, 11) is 0. The zero-order valence-corrected chi connectivity index (χ0v) is 17.6. The van der Waals surface area contributed by atoms with E-state index in [9.17, 15) is 9.59 Å². The van der Waals surface area contributed by atoms with E-state index >= 15 is 0 Å². The van der Waals surface area contributed by atoms with Crippen molar-refractivity contribution < 1.29 is 14.3 Å². The minimum atomic E-state index is -0.632. The Morgan fingerprint density at radius 1 is 1.12 bits per heavy atom. The van der Waals surface area contributed by atoms with Gasteiger partial charge in [0.2, 0.25) is 5.91 Å². The minimum Gasteiger partial charge on any atom is -0.477 e. The Hall–Kier alpha value is -4.20. The number of hydrogen-bond donors (Lipinski definition) is 1. The lowest BCUT2D eigenvalue weighted by Gasteiger charge is -2.32. The van der Waals surface area contributed by atoms with Gasteiger partial charge in [-0.1, -0.05) is 18.2 Å². The maximum atomic E-state index is 13.1. The van der Waals surface area contributed by atoms with Gasteiger partial charge in [-0.3, -0.25) is 14.5 Å². The van der Waals surface area contributed by atoms with Crippen molar-refractivity contribution in [3.8, 4) is 17.0 Å². The van der Waals surface area contributed by atoms with E-state index in [1.54, 1.807) is 42.2 Å². The number of aromatic nitrogens is 3. The Morgan fingerprint density at radius 2 is 1.97 bits per heavy atom. The minimum absolute atomic E-state index is 0.182. The quantitative estimate of drug-likeness (QED) is 0.539. The molecule has 0 saturated heterocycles. The van der Waals surface area contributed by atoms with E-state index in [-0.39, 0.29) is 5.91 Å². The number of anilines is 1. The molecule has 0 saturated carbocycles. The van der Waals surface area contributed by atoms with Crippen molar-refractivity contribution in [2.45, 2.75) is 26.5 Å². The number of benzene rings is 1. The molecule has 2 N–H and O–H groups in total. The van der Waals surface area contributed by atoms with Crippen LogP contribution >= 0.6 is 0 Å². The molecule has 0 spiro atoms. The van der Waals surface area contributed by atoms with Crippen LogP contribution in [0.1, 0.15) is 28.7 Å². The molecular formula is C24H21N5O3. The summed E-state index contributed by atoms with van der Waals surface area (Å²) in [6, 6.07) is 16.3. The molecular weight excluding hydrogens is 406 g/mol. The number of fused-ring (bicyclic) bond motifs is 2. The fraction of sp³-hybridized carbons (Fsp3) is 0.167. The van der Waals surface area contributed by atoms with Gasteiger partial charge >= 0.3 is 0 Å². The number of pyridine rings is 2. The third kappa shape index (κ3) is 3.26. The number of carbonyl (C=O) groups is 2. The van der Waals surface area contributed by atoms with Crippen LogP contribution < -0.4 is 15.4 Å². The van der Waals surface area contributed by atoms with Crippen LogP contribution in [0.2, 0.25) is 0 Å². The fourth-order valence-electron chi connectivity index (χ4n) is 3.94. The van der Waals surface area contributed by atoms with Gasteiger partial charge < -0.3 is 14.9 Å². The normalized spacial score (nSPS) is 15.5. The average Bonchev–Trinajstić information content (AvgIpc) is 3.11. The smallest absolute Gasteiger partial charge is 0.269 e. The van der Waals surface area contributed by atoms with Crippen LogP contribution in [0.5, 0.6) is 5.75 Å². The van der Waals surface area contributed by atoms with Crippen LogP contribution in [0.15, 0.2) is 60.8 Å². The van der Waals surface area contributed by atoms with Crippen molar-refractivity contribution in [3.05, 3.63) is 77.7 Å². The molecule has 4 heterocycles. The summed E-state index contributed by atoms with van der Waals surface area (Å²) < 4.78 is 7.79. The number of nitrogens with two attached hydrogens (primary N) is 1. The van der Waals surface area contributed by atoms with Crippen molar-refractivity contribution in [2.75, 3.05) is 4.90 Å². The van der Waals surface area contributed by atoms with Crippen LogP contribution in [-0.4, -0.2) is 32.3 Å². The Balaban J connectivity index is 1.60. The fourth-order valence-corrected chi connectivity index (χ4v) is 3.94. The predicted octanol–water partition coefficient (Wildman–Crippen LogP) is 3.12. The Morgan fingerprint density at radius 3 is 2.78 bits per heavy atom. The lowest BCUT2D eigenvalue weighted by molar-refractivity contribution is -0.125. The molecule has 2 amide bonds. The summed E-state index contributed by atoms with van der Waals surface area (Å²) >= 11 is 0. The summed E-state index contributed by atoms with van der Waals surface area (Å²) in [4.78, 5) is 35.7. The molecule has 3 aromatic heterocycles.